The summed E-state index contributed by atoms with van der Waals surface area (Å²) in [6.07, 6.45) is 13.5. The number of fused-ring (bicyclic) bond motifs is 6. The van der Waals surface area contributed by atoms with E-state index in [0.29, 0.717) is 17.5 Å². The van der Waals surface area contributed by atoms with Crippen molar-refractivity contribution in [2.45, 2.75) is 38.6 Å². The van der Waals surface area contributed by atoms with Gasteiger partial charge in [0.25, 0.3) is 0 Å². The number of aromatic nitrogens is 9. The minimum atomic E-state index is -0.178. The maximum atomic E-state index is 5.01. The highest BCUT2D eigenvalue weighted by Crippen LogP contribution is 2.49. The molecule has 0 unspecified atom stereocenters. The number of rotatable bonds is 3. The molecule has 1 atom stereocenters. The molecule has 2 aliphatic rings. The lowest BCUT2D eigenvalue weighted by Crippen LogP contribution is -2.47. The van der Waals surface area contributed by atoms with Gasteiger partial charge in [0.05, 0.1) is 12.4 Å². The highest BCUT2D eigenvalue weighted by Gasteiger charge is 2.50. The van der Waals surface area contributed by atoms with Crippen molar-refractivity contribution in [1.82, 2.24) is 44.3 Å². The van der Waals surface area contributed by atoms with Crippen molar-refractivity contribution >= 4 is 5.82 Å². The van der Waals surface area contributed by atoms with E-state index in [9.17, 15) is 0 Å². The van der Waals surface area contributed by atoms with E-state index in [2.05, 4.69) is 46.5 Å². The molecule has 0 saturated carbocycles. The van der Waals surface area contributed by atoms with Gasteiger partial charge in [0, 0.05) is 31.3 Å². The second kappa shape index (κ2) is 6.15. The standard InChI is InChI=1S/C20H20N10/c1-3-20-5-4-9-29(20)17-15(30-13(2)26-27-18(20)30)12-24-19(25-17)28-10-8-23-16(28)14-11-21-6-7-22-14/h6-8,10-12H,3-5,9H2,1-2H3/t20-/m0/s1. The van der Waals surface area contributed by atoms with E-state index in [-0.39, 0.29) is 5.54 Å². The maximum Gasteiger partial charge on any atom is 0.237 e. The van der Waals surface area contributed by atoms with Gasteiger partial charge in [-0.2, -0.15) is 4.98 Å². The monoisotopic (exact) mass is 400 g/mol. The van der Waals surface area contributed by atoms with Crippen LogP contribution in [-0.4, -0.2) is 50.8 Å². The third-order valence-corrected chi connectivity index (χ3v) is 6.20. The molecule has 10 heteroatoms. The number of hydrogen-bond donors (Lipinski definition) is 0. The molecule has 0 spiro atoms. The summed E-state index contributed by atoms with van der Waals surface area (Å²) in [4.78, 5) is 25.0. The van der Waals surface area contributed by atoms with Crippen LogP contribution in [-0.2, 0) is 5.54 Å². The predicted molar refractivity (Wildman–Crippen MR) is 108 cm³/mol. The summed E-state index contributed by atoms with van der Waals surface area (Å²) in [5.74, 6) is 3.96. The summed E-state index contributed by atoms with van der Waals surface area (Å²) in [5.41, 5.74) is 1.41. The van der Waals surface area contributed by atoms with Gasteiger partial charge in [0.15, 0.2) is 17.5 Å². The molecular weight excluding hydrogens is 380 g/mol. The van der Waals surface area contributed by atoms with Crippen molar-refractivity contribution < 1.29 is 0 Å². The summed E-state index contributed by atoms with van der Waals surface area (Å²) < 4.78 is 3.96. The van der Waals surface area contributed by atoms with E-state index < -0.39 is 0 Å². The fraction of sp³-hybridized carbons (Fsp3) is 0.350. The maximum absolute atomic E-state index is 5.01. The van der Waals surface area contributed by atoms with Gasteiger partial charge in [0.2, 0.25) is 5.95 Å². The van der Waals surface area contributed by atoms with Crippen LogP contribution in [0, 0.1) is 6.92 Å². The van der Waals surface area contributed by atoms with Crippen LogP contribution in [0.4, 0.5) is 5.82 Å². The number of hydrogen-bond acceptors (Lipinski definition) is 8. The Hall–Kier alpha value is -3.69. The smallest absolute Gasteiger partial charge is 0.237 e. The Morgan fingerprint density at radius 1 is 1.07 bits per heavy atom. The highest BCUT2D eigenvalue weighted by molar-refractivity contribution is 5.65. The Bertz CT molecular complexity index is 1240. The first-order valence-corrected chi connectivity index (χ1v) is 10.1. The molecule has 1 fully saturated rings. The minimum Gasteiger partial charge on any atom is -0.342 e. The van der Waals surface area contributed by atoms with Crippen LogP contribution in [0.15, 0.2) is 37.2 Å². The van der Waals surface area contributed by atoms with Gasteiger partial charge in [-0.1, -0.05) is 6.92 Å². The Morgan fingerprint density at radius 3 is 2.83 bits per heavy atom. The molecule has 30 heavy (non-hydrogen) atoms. The molecule has 0 amide bonds. The van der Waals surface area contributed by atoms with Crippen molar-refractivity contribution in [2.75, 3.05) is 11.4 Å². The number of aryl methyl sites for hydroxylation is 1. The molecule has 0 aromatic carbocycles. The topological polar surface area (TPSA) is 103 Å². The average Bonchev–Trinajstić information content (AvgIpc) is 3.52. The van der Waals surface area contributed by atoms with Crippen molar-refractivity contribution in [3.63, 3.8) is 0 Å². The molecular formula is C20H20N10. The van der Waals surface area contributed by atoms with Gasteiger partial charge >= 0.3 is 0 Å². The first-order chi connectivity index (χ1) is 14.7. The van der Waals surface area contributed by atoms with Gasteiger partial charge in [-0.25, -0.2) is 15.0 Å². The average molecular weight is 400 g/mol. The van der Waals surface area contributed by atoms with Crippen LogP contribution in [0.3, 0.4) is 0 Å². The van der Waals surface area contributed by atoms with Gasteiger partial charge in [-0.3, -0.25) is 14.1 Å². The van der Waals surface area contributed by atoms with Gasteiger partial charge in [0.1, 0.15) is 22.7 Å². The highest BCUT2D eigenvalue weighted by atomic mass is 15.4. The lowest BCUT2D eigenvalue weighted by molar-refractivity contribution is 0.381. The van der Waals surface area contributed by atoms with Crippen LogP contribution in [0.1, 0.15) is 37.8 Å². The van der Waals surface area contributed by atoms with Crippen LogP contribution in [0.2, 0.25) is 0 Å². The Kier molecular flexibility index (Phi) is 3.53. The summed E-state index contributed by atoms with van der Waals surface area (Å²) in [7, 11) is 0. The SMILES string of the molecule is CC[C@@]12CCCN1c1nc(-n3ccnc3-c3cnccn3)ncc1-n1c(C)nnc12. The van der Waals surface area contributed by atoms with Crippen molar-refractivity contribution in [2.24, 2.45) is 0 Å². The Morgan fingerprint density at radius 2 is 2.00 bits per heavy atom. The van der Waals surface area contributed by atoms with E-state index in [0.717, 1.165) is 49.0 Å². The van der Waals surface area contributed by atoms with E-state index >= 15 is 0 Å². The fourth-order valence-corrected chi connectivity index (χ4v) is 4.80. The molecule has 2 aliphatic heterocycles. The van der Waals surface area contributed by atoms with Crippen LogP contribution in [0.5, 0.6) is 0 Å². The van der Waals surface area contributed by atoms with E-state index in [1.54, 1.807) is 24.8 Å². The van der Waals surface area contributed by atoms with E-state index in [4.69, 9.17) is 4.98 Å². The molecule has 150 valence electrons. The van der Waals surface area contributed by atoms with Crippen molar-refractivity contribution in [3.8, 4) is 23.2 Å². The summed E-state index contributed by atoms with van der Waals surface area (Å²) in [6, 6.07) is 0. The molecule has 0 N–H and O–H groups in total. The zero-order valence-corrected chi connectivity index (χ0v) is 16.8. The molecule has 6 heterocycles. The second-order valence-electron chi connectivity index (χ2n) is 7.64. The third-order valence-electron chi connectivity index (χ3n) is 6.20. The van der Waals surface area contributed by atoms with Gasteiger partial charge in [-0.05, 0) is 26.2 Å². The molecule has 10 nitrogen and oxygen atoms in total. The normalized spacial score (nSPS) is 19.5. The first kappa shape index (κ1) is 17.2. The lowest BCUT2D eigenvalue weighted by Gasteiger charge is -2.42. The Balaban J connectivity index is 1.55. The minimum absolute atomic E-state index is 0.178. The van der Waals surface area contributed by atoms with Crippen LogP contribution >= 0.6 is 0 Å². The van der Waals surface area contributed by atoms with Gasteiger partial charge in [-0.15, -0.1) is 10.2 Å². The summed E-state index contributed by atoms with van der Waals surface area (Å²) in [6.45, 7) is 5.12. The fourth-order valence-electron chi connectivity index (χ4n) is 4.80. The van der Waals surface area contributed by atoms with Crippen LogP contribution < -0.4 is 4.90 Å². The lowest BCUT2D eigenvalue weighted by atomic mass is 9.90. The molecule has 1 saturated heterocycles. The summed E-state index contributed by atoms with van der Waals surface area (Å²) in [5, 5.41) is 8.93. The first-order valence-electron chi connectivity index (χ1n) is 10.1. The molecule has 0 aliphatic carbocycles. The third kappa shape index (κ3) is 2.15. The largest absolute Gasteiger partial charge is 0.342 e. The number of anilines is 1. The van der Waals surface area contributed by atoms with E-state index in [1.807, 2.05) is 23.9 Å². The molecule has 4 aromatic heterocycles. The van der Waals surface area contributed by atoms with E-state index in [1.165, 1.54) is 0 Å². The van der Waals surface area contributed by atoms with Crippen molar-refractivity contribution in [1.29, 1.82) is 0 Å². The zero-order chi connectivity index (χ0) is 20.3. The summed E-state index contributed by atoms with van der Waals surface area (Å²) >= 11 is 0. The quantitative estimate of drug-likeness (QED) is 0.516. The number of imidazole rings is 1. The van der Waals surface area contributed by atoms with Gasteiger partial charge < -0.3 is 4.90 Å². The molecule has 4 aromatic rings. The Labute approximate surface area is 172 Å². The van der Waals surface area contributed by atoms with Crippen molar-refractivity contribution in [3.05, 3.63) is 48.8 Å². The molecule has 0 bridgehead atoms. The second-order valence-corrected chi connectivity index (χ2v) is 7.64. The molecule has 0 radical (unpaired) electrons. The molecule has 6 rings (SSSR count). The van der Waals surface area contributed by atoms with Crippen LogP contribution in [0.25, 0.3) is 23.2 Å². The predicted octanol–water partition coefficient (Wildman–Crippen LogP) is 2.23. The zero-order valence-electron chi connectivity index (χ0n) is 16.8. The number of nitrogens with zero attached hydrogens (tertiary/aromatic N) is 10.